The van der Waals surface area contributed by atoms with Gasteiger partial charge in [0.25, 0.3) is 5.91 Å². The molecule has 0 bridgehead atoms. The molecule has 4 aromatic rings. The Labute approximate surface area is 189 Å². The third kappa shape index (κ3) is 3.61. The maximum absolute atomic E-state index is 13.8. The summed E-state index contributed by atoms with van der Waals surface area (Å²) in [5.74, 6) is -0.406. The lowest BCUT2D eigenvalue weighted by atomic mass is 10.1. The van der Waals surface area contributed by atoms with Crippen molar-refractivity contribution in [2.24, 2.45) is 0 Å². The summed E-state index contributed by atoms with van der Waals surface area (Å²) in [4.78, 5) is 19.8. The normalized spacial score (nSPS) is 14.8. The molecule has 0 aliphatic carbocycles. The van der Waals surface area contributed by atoms with Gasteiger partial charge in [0.2, 0.25) is 0 Å². The molecule has 0 saturated carbocycles. The minimum absolute atomic E-state index is 0.0381. The maximum Gasteiger partial charge on any atom is 0.418 e. The van der Waals surface area contributed by atoms with Crippen LogP contribution in [0.15, 0.2) is 59.1 Å². The van der Waals surface area contributed by atoms with Crippen molar-refractivity contribution in [3.8, 4) is 11.1 Å². The monoisotopic (exact) mass is 477 g/mol. The number of fused-ring (bicyclic) bond motifs is 1. The van der Waals surface area contributed by atoms with E-state index >= 15 is 0 Å². The molecule has 32 heavy (non-hydrogen) atoms. The highest BCUT2D eigenvalue weighted by Crippen LogP contribution is 2.38. The van der Waals surface area contributed by atoms with Gasteiger partial charge in [0, 0.05) is 41.5 Å². The van der Waals surface area contributed by atoms with Crippen molar-refractivity contribution >= 4 is 39.9 Å². The van der Waals surface area contributed by atoms with Crippen LogP contribution in [0.3, 0.4) is 0 Å². The first kappa shape index (κ1) is 20.8. The van der Waals surface area contributed by atoms with E-state index in [1.54, 1.807) is 22.7 Å². The summed E-state index contributed by atoms with van der Waals surface area (Å²) in [6.07, 6.45) is 3.94. The van der Waals surface area contributed by atoms with Gasteiger partial charge >= 0.3 is 6.18 Å². The number of halogens is 4. The van der Waals surface area contributed by atoms with Crippen LogP contribution in [0.2, 0.25) is 5.15 Å². The number of amides is 1. The fourth-order valence-corrected chi connectivity index (χ4v) is 4.80. The number of furan rings is 1. The van der Waals surface area contributed by atoms with E-state index in [-0.39, 0.29) is 21.8 Å². The quantitative estimate of drug-likeness (QED) is 0.350. The average Bonchev–Trinajstić information content (AvgIpc) is 3.54. The Bertz CT molecular complexity index is 1320. The maximum atomic E-state index is 13.8. The molecule has 1 aliphatic heterocycles. The predicted molar refractivity (Wildman–Crippen MR) is 116 cm³/mol. The molecule has 0 unspecified atom stereocenters. The van der Waals surface area contributed by atoms with Crippen molar-refractivity contribution in [3.63, 3.8) is 0 Å². The van der Waals surface area contributed by atoms with Crippen molar-refractivity contribution in [2.75, 3.05) is 13.1 Å². The number of nitrogens with zero attached hydrogens (tertiary/aromatic N) is 3. The lowest BCUT2D eigenvalue weighted by molar-refractivity contribution is -0.136. The van der Waals surface area contributed by atoms with E-state index in [1.165, 1.54) is 40.5 Å². The van der Waals surface area contributed by atoms with E-state index < -0.39 is 17.6 Å². The highest BCUT2D eigenvalue weighted by Gasteiger charge is 2.35. The average molecular weight is 478 g/mol. The van der Waals surface area contributed by atoms with E-state index in [0.29, 0.717) is 25.1 Å². The van der Waals surface area contributed by atoms with Crippen molar-refractivity contribution < 1.29 is 22.4 Å². The fraction of sp³-hybridized carbons (Fsp3) is 0.182. The van der Waals surface area contributed by atoms with Crippen LogP contribution in [-0.4, -0.2) is 33.3 Å². The molecule has 5 nitrogen and oxygen atoms in total. The molecule has 4 aromatic heterocycles. The molecule has 10 heteroatoms. The van der Waals surface area contributed by atoms with E-state index in [0.717, 1.165) is 16.5 Å². The molecule has 164 valence electrons. The van der Waals surface area contributed by atoms with Crippen molar-refractivity contribution in [1.82, 2.24) is 14.3 Å². The zero-order valence-corrected chi connectivity index (χ0v) is 18.0. The smallest absolute Gasteiger partial charge is 0.418 e. The molecule has 1 amide bonds. The van der Waals surface area contributed by atoms with Crippen molar-refractivity contribution in [1.29, 1.82) is 0 Å². The number of thiazole rings is 1. The van der Waals surface area contributed by atoms with Crippen LogP contribution >= 0.6 is 22.9 Å². The Hall–Kier alpha value is -3.04. The molecule has 0 fully saturated rings. The van der Waals surface area contributed by atoms with E-state index in [9.17, 15) is 18.0 Å². The second kappa shape index (κ2) is 7.83. The second-order valence-electron chi connectivity index (χ2n) is 7.35. The number of carbonyl (C=O) groups is 1. The molecular weight excluding hydrogens is 463 g/mol. The molecule has 0 aromatic carbocycles. The first-order chi connectivity index (χ1) is 15.3. The van der Waals surface area contributed by atoms with Crippen LogP contribution in [0.4, 0.5) is 13.2 Å². The molecule has 5 rings (SSSR count). The van der Waals surface area contributed by atoms with Gasteiger partial charge in [-0.3, -0.25) is 9.78 Å². The summed E-state index contributed by atoms with van der Waals surface area (Å²) in [5, 5.41) is -0.0573. The van der Waals surface area contributed by atoms with Crippen LogP contribution in [0.1, 0.15) is 27.2 Å². The molecule has 0 saturated heterocycles. The molecule has 0 N–H and O–H groups in total. The van der Waals surface area contributed by atoms with Crippen molar-refractivity contribution in [3.05, 3.63) is 75.9 Å². The number of hydrogen-bond donors (Lipinski definition) is 0. The minimum Gasteiger partial charge on any atom is -0.472 e. The van der Waals surface area contributed by atoms with Gasteiger partial charge in [-0.05, 0) is 30.2 Å². The number of pyridine rings is 1. The third-order valence-corrected chi connectivity index (χ3v) is 6.69. The van der Waals surface area contributed by atoms with Crippen LogP contribution in [0.5, 0.6) is 0 Å². The van der Waals surface area contributed by atoms with Crippen molar-refractivity contribution in [2.45, 2.75) is 12.6 Å². The fourth-order valence-electron chi connectivity index (χ4n) is 3.83. The number of alkyl halides is 3. The molecule has 0 spiro atoms. The zero-order valence-electron chi connectivity index (χ0n) is 16.4. The summed E-state index contributed by atoms with van der Waals surface area (Å²) < 4.78 is 47.7. The summed E-state index contributed by atoms with van der Waals surface area (Å²) in [7, 11) is 0. The van der Waals surface area contributed by atoms with Crippen LogP contribution in [0, 0.1) is 0 Å². The van der Waals surface area contributed by atoms with Gasteiger partial charge in [0.15, 0.2) is 0 Å². The topological polar surface area (TPSA) is 50.8 Å². The Balaban J connectivity index is 1.54. The molecule has 0 radical (unpaired) electrons. The standard InChI is InChI=1S/C22H15ClF3N3O2S/c23-20-16(21(30)28-4-1-13(2-5-28)19-9-27-12-32-19)8-18-17(22(24,25)26)7-15(10-29(18)20)14-3-6-31-11-14/h1,3,6-12H,2,4-5H2. The van der Waals surface area contributed by atoms with E-state index in [4.69, 9.17) is 16.0 Å². The van der Waals surface area contributed by atoms with Gasteiger partial charge in [-0.15, -0.1) is 11.3 Å². The summed E-state index contributed by atoms with van der Waals surface area (Å²) >= 11 is 7.96. The molecule has 1 aliphatic rings. The SMILES string of the molecule is O=C(c1cc2c(C(F)(F)F)cc(-c3ccoc3)cn2c1Cl)N1CC=C(c2cncs2)CC1. The number of aromatic nitrogens is 2. The summed E-state index contributed by atoms with van der Waals surface area (Å²) in [6, 6.07) is 3.82. The number of carbonyl (C=O) groups excluding carboxylic acids is 1. The number of hydrogen-bond acceptors (Lipinski definition) is 4. The summed E-state index contributed by atoms with van der Waals surface area (Å²) in [5.41, 5.74) is 2.61. The lowest BCUT2D eigenvalue weighted by Gasteiger charge is -2.26. The molecule has 5 heterocycles. The van der Waals surface area contributed by atoms with Crippen LogP contribution < -0.4 is 0 Å². The van der Waals surface area contributed by atoms with Gasteiger partial charge in [-0.25, -0.2) is 0 Å². The third-order valence-electron chi connectivity index (χ3n) is 5.45. The Morgan fingerprint density at radius 2 is 2.09 bits per heavy atom. The van der Waals surface area contributed by atoms with Gasteiger partial charge in [0.1, 0.15) is 5.15 Å². The highest BCUT2D eigenvalue weighted by molar-refractivity contribution is 7.10. The Kier molecular flexibility index (Phi) is 5.10. The highest BCUT2D eigenvalue weighted by atomic mass is 35.5. The first-order valence-corrected chi connectivity index (χ1v) is 10.9. The van der Waals surface area contributed by atoms with Gasteiger partial charge < -0.3 is 13.7 Å². The van der Waals surface area contributed by atoms with Crippen LogP contribution in [0.25, 0.3) is 22.2 Å². The Morgan fingerprint density at radius 1 is 1.25 bits per heavy atom. The number of rotatable bonds is 3. The van der Waals surface area contributed by atoms with E-state index in [2.05, 4.69) is 4.98 Å². The van der Waals surface area contributed by atoms with Crippen LogP contribution in [-0.2, 0) is 6.18 Å². The molecular formula is C22H15ClF3N3O2S. The first-order valence-electron chi connectivity index (χ1n) is 9.64. The van der Waals surface area contributed by atoms with Gasteiger partial charge in [-0.2, -0.15) is 13.2 Å². The van der Waals surface area contributed by atoms with Gasteiger partial charge in [-0.1, -0.05) is 17.7 Å². The molecule has 0 atom stereocenters. The minimum atomic E-state index is -4.62. The second-order valence-corrected chi connectivity index (χ2v) is 8.60. The Morgan fingerprint density at radius 3 is 2.72 bits per heavy atom. The zero-order chi connectivity index (χ0) is 22.5. The lowest BCUT2D eigenvalue weighted by Crippen LogP contribution is -2.34. The predicted octanol–water partition coefficient (Wildman–Crippen LogP) is 6.26. The van der Waals surface area contributed by atoms with E-state index in [1.807, 2.05) is 6.08 Å². The summed E-state index contributed by atoms with van der Waals surface area (Å²) in [6.45, 7) is 0.790. The van der Waals surface area contributed by atoms with Gasteiger partial charge in [0.05, 0.1) is 34.7 Å². The largest absolute Gasteiger partial charge is 0.472 e.